The second-order valence-corrected chi connectivity index (χ2v) is 20.7. The molecule has 2 heterocycles. The quantitative estimate of drug-likeness (QED) is 0.0552. The van der Waals surface area contributed by atoms with Crippen LogP contribution in [0.15, 0.2) is 100 Å². The van der Waals surface area contributed by atoms with Gasteiger partial charge in [-0.25, -0.2) is 21.6 Å². The fourth-order valence-corrected chi connectivity index (χ4v) is 9.13. The first-order valence-electron chi connectivity index (χ1n) is 20.8. The highest BCUT2D eigenvalue weighted by molar-refractivity contribution is 8.14. The minimum Gasteiger partial charge on any atom is -0.338 e. The summed E-state index contributed by atoms with van der Waals surface area (Å²) in [5, 5.41) is 10.6. The van der Waals surface area contributed by atoms with E-state index in [1.54, 1.807) is 0 Å². The van der Waals surface area contributed by atoms with Gasteiger partial charge >= 0.3 is 0 Å². The Morgan fingerprint density at radius 3 is 1.48 bits per heavy atom. The largest absolute Gasteiger partial charge is 0.338 e. The van der Waals surface area contributed by atoms with Crippen LogP contribution in [0.1, 0.15) is 165 Å². The number of benzene rings is 3. The lowest BCUT2D eigenvalue weighted by Crippen LogP contribution is -2.48. The first-order chi connectivity index (χ1) is 29.5. The van der Waals surface area contributed by atoms with Crippen molar-refractivity contribution in [2.24, 2.45) is 5.73 Å². The number of rotatable bonds is 18. The Morgan fingerprint density at radius 1 is 0.719 bits per heavy atom. The summed E-state index contributed by atoms with van der Waals surface area (Å²) >= 11 is 0. The van der Waals surface area contributed by atoms with Gasteiger partial charge in [-0.1, -0.05) is 144 Å². The molecule has 2 saturated carbocycles. The van der Waals surface area contributed by atoms with Gasteiger partial charge in [0.05, 0.1) is 23.0 Å². The lowest BCUT2D eigenvalue weighted by molar-refractivity contribution is -0.123. The summed E-state index contributed by atoms with van der Waals surface area (Å²) in [6.45, 7) is 9.46. The molecule has 0 bridgehead atoms. The fraction of sp³-hybridized carbons (Fsp3) is 0.478. The van der Waals surface area contributed by atoms with Gasteiger partial charge in [0.2, 0.25) is 36.8 Å². The van der Waals surface area contributed by atoms with Crippen molar-refractivity contribution in [1.29, 1.82) is 0 Å². The molecule has 18 heteroatoms. The minimum absolute atomic E-state index is 0. The maximum atomic E-state index is 13.5. The van der Waals surface area contributed by atoms with Gasteiger partial charge in [0.1, 0.15) is 17.4 Å². The van der Waals surface area contributed by atoms with E-state index in [1.807, 2.05) is 112 Å². The van der Waals surface area contributed by atoms with Crippen molar-refractivity contribution < 1.29 is 35.5 Å². The van der Waals surface area contributed by atoms with Gasteiger partial charge in [-0.2, -0.15) is 9.97 Å². The molecular formula is C46H64ClN7O8S2. The molecule has 4 N–H and O–H groups in total. The summed E-state index contributed by atoms with van der Waals surface area (Å²) in [6, 6.07) is 28.4. The molecule has 3 aromatic carbocycles. The van der Waals surface area contributed by atoms with Crippen LogP contribution in [-0.2, 0) is 34.2 Å². The Labute approximate surface area is 383 Å². The van der Waals surface area contributed by atoms with Gasteiger partial charge in [-0.15, -0.1) is 0 Å². The van der Waals surface area contributed by atoms with Gasteiger partial charge in [-0.05, 0) is 62.1 Å². The lowest BCUT2D eigenvalue weighted by Gasteiger charge is -2.37. The van der Waals surface area contributed by atoms with Crippen molar-refractivity contribution in [3.8, 4) is 0 Å². The number of Topliss-reactive ketones (excluding diaryl/α,β-unsaturated/α-hetero) is 1. The van der Waals surface area contributed by atoms with Crippen molar-refractivity contribution in [2.45, 2.75) is 141 Å². The van der Waals surface area contributed by atoms with Crippen LogP contribution in [0.4, 0.5) is 0 Å². The Kier molecular flexibility index (Phi) is 20.0. The van der Waals surface area contributed by atoms with Gasteiger partial charge < -0.3 is 20.1 Å². The zero-order valence-corrected chi connectivity index (χ0v) is 38.0. The molecule has 1 amide bonds. The van der Waals surface area contributed by atoms with E-state index < -0.39 is 36.7 Å². The number of nitrogens with one attached hydrogen (secondary N) is 2. The maximum Gasteiger partial charge on any atom is 0.245 e. The predicted octanol–water partition coefficient (Wildman–Crippen LogP) is 8.76. The monoisotopic (exact) mass is 941 g/mol. The Bertz CT molecular complexity index is 2330. The van der Waals surface area contributed by atoms with E-state index in [9.17, 15) is 26.4 Å². The number of halogens is 1. The Balaban J connectivity index is 0.000000308. The van der Waals surface area contributed by atoms with Crippen molar-refractivity contribution in [3.05, 3.63) is 131 Å². The SMILES string of the molecule is C.C.CC[C@H](C)c1noc([C@@H](N)CC(=O)NC(c2ccccc2)(c2ccccc2)c2ccccc2)n1.CC[C@H](C)c1noc([C@H](CC(C)=O)NS(=O)(=O)C2CC2)n1.O=S(=O)(Cl)C1CC1. The standard InChI is InChI=1S/C28H30N4O2.C13H21N3O4S.C3H5ClO2S.2CH4/c1-3-20(2)26-30-27(34-32-26)24(29)19-25(33)31-28(21-13-7-4-8-14-21,22-15-9-5-10-16-22)23-17-11-6-12-18-23;1-4-8(2)12-14-13(20-15-12)11(7-9(3)17)16-21(18,19)10-5-6-10;4-7(5,6)3-1-2-3;;/h4-18,20,24H,3,19,29H2,1-2H3,(H,31,33);8,10-11,16H,4-7H2,1-3H3;3H,1-2H2;2*1H4/t20-,24-;8-,11-;;;/m00.../s1. The number of carbonyl (C=O) groups is 2. The number of hydrogen-bond donors (Lipinski definition) is 3. The van der Waals surface area contributed by atoms with Gasteiger partial charge in [-0.3, -0.25) is 9.59 Å². The van der Waals surface area contributed by atoms with Crippen LogP contribution in [-0.4, -0.2) is 59.3 Å². The van der Waals surface area contributed by atoms with Crippen molar-refractivity contribution in [3.63, 3.8) is 0 Å². The molecule has 7 rings (SSSR count). The molecule has 4 atom stereocenters. The Hall–Kier alpha value is -4.81. The zero-order valence-electron chi connectivity index (χ0n) is 35.6. The van der Waals surface area contributed by atoms with E-state index in [2.05, 4.69) is 37.2 Å². The molecule has 2 aromatic heterocycles. The number of sulfonamides is 1. The molecule has 5 aromatic rings. The average Bonchev–Trinajstić information content (AvgIpc) is 4.20. The zero-order chi connectivity index (χ0) is 45.1. The number of ketones is 1. The number of aromatic nitrogens is 4. The highest BCUT2D eigenvalue weighted by Gasteiger charge is 2.40. The number of nitrogens with zero attached hydrogens (tertiary/aromatic N) is 4. The van der Waals surface area contributed by atoms with Crippen LogP contribution in [0.2, 0.25) is 0 Å². The van der Waals surface area contributed by atoms with Crippen LogP contribution in [0, 0.1) is 0 Å². The third-order valence-corrected chi connectivity index (χ3v) is 14.7. The van der Waals surface area contributed by atoms with Crippen LogP contribution in [0.25, 0.3) is 0 Å². The first kappa shape index (κ1) is 53.5. The topological polar surface area (TPSA) is 230 Å². The van der Waals surface area contributed by atoms with E-state index in [0.29, 0.717) is 24.5 Å². The molecule has 2 fully saturated rings. The molecule has 350 valence electrons. The van der Waals surface area contributed by atoms with Crippen LogP contribution >= 0.6 is 10.7 Å². The lowest BCUT2D eigenvalue weighted by atomic mass is 9.77. The van der Waals surface area contributed by atoms with Crippen LogP contribution < -0.4 is 15.8 Å². The predicted molar refractivity (Wildman–Crippen MR) is 249 cm³/mol. The third-order valence-electron chi connectivity index (χ3n) is 10.7. The highest BCUT2D eigenvalue weighted by atomic mass is 35.7. The molecule has 0 aliphatic heterocycles. The van der Waals surface area contributed by atoms with Gasteiger partial charge in [0.15, 0.2) is 11.6 Å². The van der Waals surface area contributed by atoms with Crippen molar-refractivity contribution in [2.75, 3.05) is 0 Å². The van der Waals surface area contributed by atoms with E-state index in [0.717, 1.165) is 42.4 Å². The summed E-state index contributed by atoms with van der Waals surface area (Å²) in [5.74, 6) is 1.52. The number of nitrogens with two attached hydrogens (primary N) is 1. The second-order valence-electron chi connectivity index (χ2n) is 15.8. The second kappa shape index (κ2) is 23.9. The molecule has 15 nitrogen and oxygen atoms in total. The normalized spacial score (nSPS) is 15.5. The molecule has 0 radical (unpaired) electrons. The molecule has 0 saturated heterocycles. The number of hydrogen-bond acceptors (Lipinski definition) is 13. The molecule has 2 aliphatic rings. The molecule has 0 spiro atoms. The summed E-state index contributed by atoms with van der Waals surface area (Å²) < 4.78 is 57.5. The minimum atomic E-state index is -3.43. The van der Waals surface area contributed by atoms with E-state index >= 15 is 0 Å². The van der Waals surface area contributed by atoms with Gasteiger partial charge in [0, 0.05) is 28.9 Å². The number of carbonyl (C=O) groups excluding carboxylic acids is 2. The molecule has 0 unspecified atom stereocenters. The van der Waals surface area contributed by atoms with Crippen molar-refractivity contribution in [1.82, 2.24) is 30.3 Å². The van der Waals surface area contributed by atoms with Gasteiger partial charge in [0.25, 0.3) is 0 Å². The molecule has 64 heavy (non-hydrogen) atoms. The van der Waals surface area contributed by atoms with Crippen LogP contribution in [0.5, 0.6) is 0 Å². The van der Waals surface area contributed by atoms with Crippen LogP contribution in [0.3, 0.4) is 0 Å². The Morgan fingerprint density at radius 2 is 1.12 bits per heavy atom. The van der Waals surface area contributed by atoms with E-state index in [1.165, 1.54) is 6.92 Å². The summed E-state index contributed by atoms with van der Waals surface area (Å²) in [6.07, 6.45) is 4.59. The van der Waals surface area contributed by atoms with E-state index in [4.69, 9.17) is 25.5 Å². The summed E-state index contributed by atoms with van der Waals surface area (Å²) in [7, 11) is -1.68. The summed E-state index contributed by atoms with van der Waals surface area (Å²) in [4.78, 5) is 33.5. The fourth-order valence-electron chi connectivity index (χ4n) is 6.37. The molecular weight excluding hydrogens is 878 g/mol. The number of amides is 1. The first-order valence-corrected chi connectivity index (χ1v) is 24.7. The third kappa shape index (κ3) is 14.6. The maximum absolute atomic E-state index is 13.5. The molecule has 2 aliphatic carbocycles. The highest BCUT2D eigenvalue weighted by Crippen LogP contribution is 2.37. The average molecular weight is 943 g/mol. The van der Waals surface area contributed by atoms with E-state index in [-0.39, 0.29) is 73.5 Å². The van der Waals surface area contributed by atoms with Crippen molar-refractivity contribution >= 4 is 41.4 Å². The smallest absolute Gasteiger partial charge is 0.245 e. The summed E-state index contributed by atoms with van der Waals surface area (Å²) in [5.41, 5.74) is 8.29.